The van der Waals surface area contributed by atoms with Crippen LogP contribution < -0.4 is 20.5 Å². The molecule has 5 N–H and O–H groups in total. The van der Waals surface area contributed by atoms with E-state index in [1.54, 1.807) is 48.9 Å². The molecule has 0 bridgehead atoms. The number of aromatic nitrogens is 4. The Morgan fingerprint density at radius 2 is 2.06 bits per heavy atom. The lowest BCUT2D eigenvalue weighted by Crippen LogP contribution is -2.13. The van der Waals surface area contributed by atoms with Gasteiger partial charge in [-0.05, 0) is 30.3 Å². The van der Waals surface area contributed by atoms with Crippen LogP contribution in [-0.2, 0) is 17.6 Å². The summed E-state index contributed by atoms with van der Waals surface area (Å²) in [7, 11) is -1.27. The summed E-state index contributed by atoms with van der Waals surface area (Å²) >= 11 is 0. The van der Waals surface area contributed by atoms with Crippen molar-refractivity contribution in [3.8, 4) is 17.0 Å². The van der Waals surface area contributed by atoms with Gasteiger partial charge in [-0.3, -0.25) is 14.9 Å². The van der Waals surface area contributed by atoms with Gasteiger partial charge in [-0.2, -0.15) is 5.10 Å². The lowest BCUT2D eigenvalue weighted by molar-refractivity contribution is 0.100. The van der Waals surface area contributed by atoms with Crippen molar-refractivity contribution in [3.05, 3.63) is 78.2 Å². The summed E-state index contributed by atoms with van der Waals surface area (Å²) in [6.45, 7) is 2.07. The lowest BCUT2D eigenvalue weighted by Gasteiger charge is -2.14. The molecule has 0 spiro atoms. The van der Waals surface area contributed by atoms with Gasteiger partial charge in [0.2, 0.25) is 0 Å². The van der Waals surface area contributed by atoms with Gasteiger partial charge in [0.05, 0.1) is 11.4 Å². The number of pyridine rings is 2. The number of nitrogens with one attached hydrogen (secondary N) is 3. The van der Waals surface area contributed by atoms with E-state index in [9.17, 15) is 9.00 Å². The summed E-state index contributed by atoms with van der Waals surface area (Å²) in [5.74, 6) is 0.999. The quantitative estimate of drug-likeness (QED) is 0.274. The summed E-state index contributed by atoms with van der Waals surface area (Å²) < 4.78 is 21.1. The van der Waals surface area contributed by atoms with Crippen LogP contribution in [0.4, 0.5) is 17.3 Å². The molecule has 0 fully saturated rings. The predicted molar refractivity (Wildman–Crippen MR) is 131 cm³/mol. The molecule has 3 aromatic heterocycles. The molecule has 10 nitrogen and oxygen atoms in total. The number of rotatable bonds is 10. The van der Waals surface area contributed by atoms with Crippen LogP contribution in [0, 0.1) is 0 Å². The maximum Gasteiger partial charge on any atom is 0.254 e. The van der Waals surface area contributed by atoms with Gasteiger partial charge in [-0.1, -0.05) is 25.1 Å². The van der Waals surface area contributed by atoms with Crippen LogP contribution in [0.2, 0.25) is 0 Å². The molecule has 4 rings (SSSR count). The molecular weight excluding hydrogens is 454 g/mol. The van der Waals surface area contributed by atoms with Gasteiger partial charge in [0.25, 0.3) is 5.91 Å². The van der Waals surface area contributed by atoms with Crippen molar-refractivity contribution in [2.75, 3.05) is 15.8 Å². The first-order chi connectivity index (χ1) is 16.5. The summed E-state index contributed by atoms with van der Waals surface area (Å²) in [6.07, 6.45) is 5.01. The largest absolute Gasteiger partial charge is 0.487 e. The minimum absolute atomic E-state index is 0.182. The van der Waals surface area contributed by atoms with Gasteiger partial charge in [-0.15, -0.1) is 0 Å². The molecule has 1 aromatic carbocycles. The number of primary amides is 1. The minimum Gasteiger partial charge on any atom is -0.487 e. The number of carbonyl (C=O) groups is 1. The molecule has 34 heavy (non-hydrogen) atoms. The van der Waals surface area contributed by atoms with E-state index in [0.717, 1.165) is 5.56 Å². The smallest absolute Gasteiger partial charge is 0.254 e. The monoisotopic (exact) mass is 477 g/mol. The standard InChI is InChI=1S/C23H23N7O3S/c1-2-34(32)30-17-9-8-16(12-18(17)33-14-15-6-5-10-25-13-15)21-20(22(24)31)23(29-28-21)27-19-7-3-4-11-26-19/h3-13,30H,2,14H2,1H3,(H2,24,31)(H2,26,27,28,29). The Hall–Kier alpha value is -4.25. The summed E-state index contributed by atoms with van der Waals surface area (Å²) in [5.41, 5.74) is 8.33. The molecule has 0 aliphatic heterocycles. The number of hydrogen-bond donors (Lipinski definition) is 4. The van der Waals surface area contributed by atoms with Gasteiger partial charge in [-0.25, -0.2) is 9.19 Å². The zero-order valence-electron chi connectivity index (χ0n) is 18.3. The van der Waals surface area contributed by atoms with E-state index in [1.165, 1.54) is 0 Å². The Labute approximate surface area is 198 Å². The molecule has 4 aromatic rings. The number of nitrogens with two attached hydrogens (primary N) is 1. The molecule has 0 radical (unpaired) electrons. The number of H-pyrrole nitrogens is 1. The average molecular weight is 478 g/mol. The van der Waals surface area contributed by atoms with Gasteiger partial charge >= 0.3 is 0 Å². The van der Waals surface area contributed by atoms with E-state index in [1.807, 2.05) is 25.1 Å². The zero-order valence-corrected chi connectivity index (χ0v) is 19.1. The van der Waals surface area contributed by atoms with Crippen LogP contribution in [0.1, 0.15) is 22.8 Å². The maximum atomic E-state index is 12.3. The molecule has 0 saturated heterocycles. The molecule has 0 aliphatic rings. The van der Waals surface area contributed by atoms with Gasteiger partial charge in [0, 0.05) is 35.5 Å². The van der Waals surface area contributed by atoms with Crippen LogP contribution in [0.3, 0.4) is 0 Å². The Balaban J connectivity index is 1.69. The second-order valence-corrected chi connectivity index (χ2v) is 8.60. The number of benzene rings is 1. The predicted octanol–water partition coefficient (Wildman–Crippen LogP) is 3.38. The number of nitrogens with zero attached hydrogens (tertiary/aromatic N) is 3. The first-order valence-corrected chi connectivity index (χ1v) is 11.7. The SMILES string of the molecule is CCS(=O)Nc1ccc(-c2[nH]nc(Nc3ccccn3)c2C(N)=O)cc1OCc1cccnc1. The highest BCUT2D eigenvalue weighted by molar-refractivity contribution is 7.86. The minimum atomic E-state index is -1.27. The van der Waals surface area contributed by atoms with E-state index in [-0.39, 0.29) is 18.0 Å². The van der Waals surface area contributed by atoms with Crippen molar-refractivity contribution in [3.63, 3.8) is 0 Å². The molecule has 1 unspecified atom stereocenters. The number of hydrogen-bond acceptors (Lipinski definition) is 7. The fraction of sp³-hybridized carbons (Fsp3) is 0.130. The molecule has 0 aliphatic carbocycles. The molecule has 11 heteroatoms. The summed E-state index contributed by atoms with van der Waals surface area (Å²) in [5, 5.41) is 10.1. The van der Waals surface area contributed by atoms with Crippen LogP contribution >= 0.6 is 0 Å². The third kappa shape index (κ3) is 5.38. The van der Waals surface area contributed by atoms with E-state index in [2.05, 4.69) is 30.2 Å². The Morgan fingerprint density at radius 1 is 1.18 bits per heavy atom. The Morgan fingerprint density at radius 3 is 2.76 bits per heavy atom. The fourth-order valence-electron chi connectivity index (χ4n) is 3.16. The Kier molecular flexibility index (Phi) is 7.13. The molecule has 1 amide bonds. The van der Waals surface area contributed by atoms with E-state index >= 15 is 0 Å². The number of carbonyl (C=O) groups excluding carboxylic acids is 1. The van der Waals surface area contributed by atoms with Crippen molar-refractivity contribution in [2.45, 2.75) is 13.5 Å². The Bertz CT molecular complexity index is 1300. The van der Waals surface area contributed by atoms with Crippen molar-refractivity contribution in [2.24, 2.45) is 5.73 Å². The number of aromatic amines is 1. The molecule has 174 valence electrons. The first kappa shape index (κ1) is 22.9. The van der Waals surface area contributed by atoms with Crippen LogP contribution in [0.5, 0.6) is 5.75 Å². The van der Waals surface area contributed by atoms with Crippen LogP contribution in [0.15, 0.2) is 67.1 Å². The normalized spacial score (nSPS) is 11.6. The third-order valence-corrected chi connectivity index (χ3v) is 5.77. The van der Waals surface area contributed by atoms with Crippen LogP contribution in [0.25, 0.3) is 11.3 Å². The summed E-state index contributed by atoms with van der Waals surface area (Å²) in [6, 6.07) is 14.3. The van der Waals surface area contributed by atoms with E-state index in [4.69, 9.17) is 10.5 Å². The topological polar surface area (TPSA) is 148 Å². The van der Waals surface area contributed by atoms with Crippen molar-refractivity contribution in [1.82, 2.24) is 20.2 Å². The maximum absolute atomic E-state index is 12.3. The second-order valence-electron chi connectivity index (χ2n) is 7.12. The number of amides is 1. The van der Waals surface area contributed by atoms with Crippen molar-refractivity contribution in [1.29, 1.82) is 0 Å². The number of anilines is 3. The highest BCUT2D eigenvalue weighted by Gasteiger charge is 2.21. The molecule has 1 atom stereocenters. The van der Waals surface area contributed by atoms with Crippen LogP contribution in [-0.4, -0.2) is 36.0 Å². The zero-order chi connectivity index (χ0) is 23.9. The van der Waals surface area contributed by atoms with Gasteiger partial charge < -0.3 is 20.5 Å². The van der Waals surface area contributed by atoms with Crippen molar-refractivity contribution >= 4 is 34.2 Å². The van der Waals surface area contributed by atoms with E-state index < -0.39 is 16.9 Å². The summed E-state index contributed by atoms with van der Waals surface area (Å²) in [4.78, 5) is 20.6. The average Bonchev–Trinajstić information content (AvgIpc) is 3.28. The molecule has 3 heterocycles. The highest BCUT2D eigenvalue weighted by atomic mass is 32.2. The number of ether oxygens (including phenoxy) is 1. The highest BCUT2D eigenvalue weighted by Crippen LogP contribution is 2.34. The third-order valence-electron chi connectivity index (χ3n) is 4.80. The second kappa shape index (κ2) is 10.6. The molecule has 0 saturated carbocycles. The fourth-order valence-corrected chi connectivity index (χ4v) is 3.72. The van der Waals surface area contributed by atoms with E-state index in [0.29, 0.717) is 34.3 Å². The lowest BCUT2D eigenvalue weighted by atomic mass is 10.1. The first-order valence-electron chi connectivity index (χ1n) is 10.4. The van der Waals surface area contributed by atoms with Crippen molar-refractivity contribution < 1.29 is 13.7 Å². The van der Waals surface area contributed by atoms with Gasteiger partial charge in [0.15, 0.2) is 5.82 Å². The molecular formula is C23H23N7O3S. The van der Waals surface area contributed by atoms with Gasteiger partial charge in [0.1, 0.15) is 34.7 Å².